The second-order valence-electron chi connectivity index (χ2n) is 4.02. The summed E-state index contributed by atoms with van der Waals surface area (Å²) in [7, 11) is 1.74. The maximum atomic E-state index is 12.9. The number of halogens is 1. The average molecular weight is 302 g/mol. The molecule has 0 aliphatic rings. The normalized spacial score (nSPS) is 10.6. The van der Waals surface area contributed by atoms with Gasteiger partial charge in [0.25, 0.3) is 0 Å². The number of imidazole rings is 1. The number of rotatable bonds is 4. The molecule has 0 fully saturated rings. The van der Waals surface area contributed by atoms with Crippen molar-refractivity contribution in [1.82, 2.24) is 24.5 Å². The van der Waals surface area contributed by atoms with E-state index >= 15 is 0 Å². The summed E-state index contributed by atoms with van der Waals surface area (Å²) in [5, 5.41) is 3.41. The molecule has 6 nitrogen and oxygen atoms in total. The van der Waals surface area contributed by atoms with Gasteiger partial charge < -0.3 is 5.32 Å². The van der Waals surface area contributed by atoms with Crippen molar-refractivity contribution >= 4 is 17.7 Å². The minimum Gasteiger partial charge on any atom is -0.357 e. The molecular formula is C13H11FN6S. The van der Waals surface area contributed by atoms with Crippen LogP contribution in [-0.4, -0.2) is 31.6 Å². The fraction of sp³-hybridized carbons (Fsp3) is 0.0769. The Morgan fingerprint density at radius 3 is 2.62 bits per heavy atom. The van der Waals surface area contributed by atoms with Crippen LogP contribution in [0.5, 0.6) is 0 Å². The van der Waals surface area contributed by atoms with E-state index in [0.717, 1.165) is 4.90 Å². The van der Waals surface area contributed by atoms with Gasteiger partial charge >= 0.3 is 0 Å². The van der Waals surface area contributed by atoms with Gasteiger partial charge in [0.1, 0.15) is 12.1 Å². The average Bonchev–Trinajstić information content (AvgIpc) is 3.04. The fourth-order valence-electron chi connectivity index (χ4n) is 1.60. The SMILES string of the molecule is CNc1nc(Sc2ccc(F)cc2)nc(-n2ccnc2)n1. The molecule has 3 rings (SSSR count). The highest BCUT2D eigenvalue weighted by Crippen LogP contribution is 2.25. The topological polar surface area (TPSA) is 68.5 Å². The number of hydrogen-bond donors (Lipinski definition) is 1. The number of benzene rings is 1. The Hall–Kier alpha value is -2.48. The summed E-state index contributed by atoms with van der Waals surface area (Å²) in [6.45, 7) is 0. The molecule has 0 bridgehead atoms. The van der Waals surface area contributed by atoms with Crippen molar-refractivity contribution in [3.05, 3.63) is 48.8 Å². The molecule has 2 aromatic heterocycles. The highest BCUT2D eigenvalue weighted by Gasteiger charge is 2.08. The van der Waals surface area contributed by atoms with Crippen LogP contribution in [0.4, 0.5) is 10.3 Å². The highest BCUT2D eigenvalue weighted by molar-refractivity contribution is 7.99. The van der Waals surface area contributed by atoms with Gasteiger partial charge in [-0.3, -0.25) is 4.57 Å². The summed E-state index contributed by atoms with van der Waals surface area (Å²) in [5.41, 5.74) is 0. The maximum absolute atomic E-state index is 12.9. The van der Waals surface area contributed by atoms with Crippen LogP contribution in [0.15, 0.2) is 53.0 Å². The van der Waals surface area contributed by atoms with Crippen LogP contribution < -0.4 is 5.32 Å². The van der Waals surface area contributed by atoms with Crippen molar-refractivity contribution in [2.24, 2.45) is 0 Å². The Balaban J connectivity index is 1.94. The lowest BCUT2D eigenvalue weighted by Crippen LogP contribution is -2.06. The second kappa shape index (κ2) is 5.88. The summed E-state index contributed by atoms with van der Waals surface area (Å²) < 4.78 is 14.6. The van der Waals surface area contributed by atoms with Gasteiger partial charge in [0.15, 0.2) is 5.16 Å². The third-order valence-corrected chi connectivity index (χ3v) is 3.46. The van der Waals surface area contributed by atoms with Crippen molar-refractivity contribution in [3.63, 3.8) is 0 Å². The van der Waals surface area contributed by atoms with Crippen LogP contribution in [0.3, 0.4) is 0 Å². The van der Waals surface area contributed by atoms with Gasteiger partial charge in [-0.2, -0.15) is 15.0 Å². The molecule has 0 aliphatic heterocycles. The predicted molar refractivity (Wildman–Crippen MR) is 77.0 cm³/mol. The van der Waals surface area contributed by atoms with Gasteiger partial charge in [-0.25, -0.2) is 9.37 Å². The molecule has 106 valence electrons. The number of nitrogens with one attached hydrogen (secondary N) is 1. The van der Waals surface area contributed by atoms with Crippen LogP contribution in [0.25, 0.3) is 5.95 Å². The Kier molecular flexibility index (Phi) is 3.78. The van der Waals surface area contributed by atoms with Crippen molar-refractivity contribution < 1.29 is 4.39 Å². The van der Waals surface area contributed by atoms with Crippen LogP contribution in [0, 0.1) is 5.82 Å². The van der Waals surface area contributed by atoms with E-state index in [0.29, 0.717) is 17.1 Å². The molecule has 2 heterocycles. The molecule has 0 radical (unpaired) electrons. The zero-order valence-corrected chi connectivity index (χ0v) is 11.9. The van der Waals surface area contributed by atoms with E-state index in [1.54, 1.807) is 42.5 Å². The maximum Gasteiger partial charge on any atom is 0.240 e. The number of anilines is 1. The minimum atomic E-state index is -0.273. The van der Waals surface area contributed by atoms with Gasteiger partial charge in [0.05, 0.1) is 0 Å². The lowest BCUT2D eigenvalue weighted by atomic mass is 10.4. The van der Waals surface area contributed by atoms with E-state index in [1.807, 2.05) is 0 Å². The number of aromatic nitrogens is 5. The smallest absolute Gasteiger partial charge is 0.240 e. The second-order valence-corrected chi connectivity index (χ2v) is 5.06. The zero-order valence-electron chi connectivity index (χ0n) is 11.1. The molecule has 0 aliphatic carbocycles. The highest BCUT2D eigenvalue weighted by atomic mass is 32.2. The first kappa shape index (κ1) is 13.5. The van der Waals surface area contributed by atoms with Gasteiger partial charge in [-0.15, -0.1) is 0 Å². The third kappa shape index (κ3) is 3.16. The number of hydrogen-bond acceptors (Lipinski definition) is 6. The quantitative estimate of drug-likeness (QED) is 0.798. The molecular weight excluding hydrogens is 291 g/mol. The first-order valence-electron chi connectivity index (χ1n) is 6.10. The van der Waals surface area contributed by atoms with E-state index in [1.165, 1.54) is 23.9 Å². The molecule has 0 unspecified atom stereocenters. The first-order chi connectivity index (χ1) is 10.2. The summed E-state index contributed by atoms with van der Waals surface area (Å²) in [5.74, 6) is 0.653. The Labute approximate surface area is 124 Å². The van der Waals surface area contributed by atoms with E-state index in [4.69, 9.17) is 0 Å². The minimum absolute atomic E-state index is 0.273. The Morgan fingerprint density at radius 1 is 1.14 bits per heavy atom. The lowest BCUT2D eigenvalue weighted by Gasteiger charge is -2.06. The molecule has 8 heteroatoms. The van der Waals surface area contributed by atoms with Crippen LogP contribution in [0.1, 0.15) is 0 Å². The third-order valence-electron chi connectivity index (χ3n) is 2.58. The molecule has 3 aromatic rings. The molecule has 0 atom stereocenters. The molecule has 1 aromatic carbocycles. The molecule has 0 saturated heterocycles. The van der Waals surface area contributed by atoms with E-state index in [2.05, 4.69) is 25.3 Å². The summed E-state index contributed by atoms with van der Waals surface area (Å²) in [6, 6.07) is 6.16. The Morgan fingerprint density at radius 2 is 1.95 bits per heavy atom. The standard InChI is InChI=1S/C13H11FN6S/c1-15-11-17-12(20-7-6-16-8-20)19-13(18-11)21-10-4-2-9(14)3-5-10/h2-8H,1H3,(H,15,17,18,19). The predicted octanol–water partition coefficient (Wildman–Crippen LogP) is 2.39. The van der Waals surface area contributed by atoms with Crippen LogP contribution in [-0.2, 0) is 0 Å². The Bertz CT molecular complexity index is 729. The van der Waals surface area contributed by atoms with Gasteiger partial charge in [-0.1, -0.05) is 0 Å². The van der Waals surface area contributed by atoms with Gasteiger partial charge in [-0.05, 0) is 36.0 Å². The molecule has 0 saturated carbocycles. The van der Waals surface area contributed by atoms with Crippen molar-refractivity contribution in [1.29, 1.82) is 0 Å². The number of nitrogens with zero attached hydrogens (tertiary/aromatic N) is 5. The van der Waals surface area contributed by atoms with Crippen molar-refractivity contribution in [3.8, 4) is 5.95 Å². The van der Waals surface area contributed by atoms with Crippen LogP contribution in [0.2, 0.25) is 0 Å². The molecule has 0 amide bonds. The van der Waals surface area contributed by atoms with Gasteiger partial charge in [0, 0.05) is 24.3 Å². The van der Waals surface area contributed by atoms with E-state index < -0.39 is 0 Å². The molecule has 0 spiro atoms. The first-order valence-corrected chi connectivity index (χ1v) is 6.92. The van der Waals surface area contributed by atoms with Crippen LogP contribution >= 0.6 is 11.8 Å². The summed E-state index contributed by atoms with van der Waals surface area (Å²) in [4.78, 5) is 17.7. The molecule has 1 N–H and O–H groups in total. The van der Waals surface area contributed by atoms with E-state index in [9.17, 15) is 4.39 Å². The summed E-state index contributed by atoms with van der Waals surface area (Å²) in [6.07, 6.45) is 5.01. The summed E-state index contributed by atoms with van der Waals surface area (Å²) >= 11 is 1.33. The van der Waals surface area contributed by atoms with E-state index in [-0.39, 0.29) is 5.82 Å². The van der Waals surface area contributed by atoms with Crippen molar-refractivity contribution in [2.45, 2.75) is 10.1 Å². The largest absolute Gasteiger partial charge is 0.357 e. The van der Waals surface area contributed by atoms with Gasteiger partial charge in [0.2, 0.25) is 11.9 Å². The fourth-order valence-corrected chi connectivity index (χ4v) is 2.35. The lowest BCUT2D eigenvalue weighted by molar-refractivity contribution is 0.626. The van der Waals surface area contributed by atoms with Crippen molar-refractivity contribution in [2.75, 3.05) is 12.4 Å². The molecule has 21 heavy (non-hydrogen) atoms. The monoisotopic (exact) mass is 302 g/mol. The zero-order chi connectivity index (χ0) is 14.7.